The van der Waals surface area contributed by atoms with Crippen molar-refractivity contribution in [2.24, 2.45) is 11.8 Å². The number of aliphatic hydroxyl groups excluding tert-OH is 1. The van der Waals surface area contributed by atoms with Crippen LogP contribution in [-0.4, -0.2) is 11.2 Å². The monoisotopic (exact) mass is 234 g/mol. The molecule has 2 aliphatic rings. The Balaban J connectivity index is 1.93. The second-order valence-corrected chi connectivity index (χ2v) is 6.04. The maximum atomic E-state index is 9.49. The van der Waals surface area contributed by atoms with Gasteiger partial charge in [-0.2, -0.15) is 0 Å². The molecular formula is C16H26O. The fourth-order valence-corrected chi connectivity index (χ4v) is 3.08. The van der Waals surface area contributed by atoms with E-state index >= 15 is 0 Å². The SMILES string of the molecule is CC(C)C1=CC(CC2=CCC(O)CC2)CCC1. The molecule has 1 nitrogen and oxygen atoms in total. The third kappa shape index (κ3) is 3.70. The lowest BCUT2D eigenvalue weighted by Gasteiger charge is -2.26. The Morgan fingerprint density at radius 2 is 2.12 bits per heavy atom. The van der Waals surface area contributed by atoms with Crippen molar-refractivity contribution >= 4 is 0 Å². The van der Waals surface area contributed by atoms with E-state index in [0.717, 1.165) is 31.1 Å². The van der Waals surface area contributed by atoms with Gasteiger partial charge in [-0.3, -0.25) is 0 Å². The molecular weight excluding hydrogens is 208 g/mol. The third-order valence-corrected chi connectivity index (χ3v) is 4.23. The van der Waals surface area contributed by atoms with Crippen LogP contribution >= 0.6 is 0 Å². The Morgan fingerprint density at radius 3 is 2.76 bits per heavy atom. The second-order valence-electron chi connectivity index (χ2n) is 6.04. The van der Waals surface area contributed by atoms with E-state index in [1.54, 1.807) is 11.1 Å². The lowest BCUT2D eigenvalue weighted by molar-refractivity contribution is 0.161. The number of aliphatic hydroxyl groups is 1. The summed E-state index contributed by atoms with van der Waals surface area (Å²) in [5.41, 5.74) is 3.25. The van der Waals surface area contributed by atoms with Crippen LogP contribution in [0.2, 0.25) is 0 Å². The van der Waals surface area contributed by atoms with Crippen LogP contribution in [-0.2, 0) is 0 Å². The molecule has 17 heavy (non-hydrogen) atoms. The molecule has 0 aromatic carbocycles. The predicted molar refractivity (Wildman–Crippen MR) is 72.8 cm³/mol. The first-order valence-electron chi connectivity index (χ1n) is 7.21. The standard InChI is InChI=1S/C16H26O/c1-12(2)15-5-3-4-14(11-15)10-13-6-8-16(17)9-7-13/h6,11-12,14,16-17H,3-5,7-10H2,1-2H3. The minimum atomic E-state index is -0.0770. The summed E-state index contributed by atoms with van der Waals surface area (Å²) < 4.78 is 0. The van der Waals surface area contributed by atoms with Crippen molar-refractivity contribution in [3.8, 4) is 0 Å². The van der Waals surface area contributed by atoms with Gasteiger partial charge in [-0.25, -0.2) is 0 Å². The molecule has 1 N–H and O–H groups in total. The van der Waals surface area contributed by atoms with Crippen molar-refractivity contribution in [1.82, 2.24) is 0 Å². The summed E-state index contributed by atoms with van der Waals surface area (Å²) in [5.74, 6) is 1.49. The first-order chi connectivity index (χ1) is 8.15. The highest BCUT2D eigenvalue weighted by Crippen LogP contribution is 2.33. The van der Waals surface area contributed by atoms with E-state index in [1.807, 2.05) is 0 Å². The van der Waals surface area contributed by atoms with Crippen LogP contribution < -0.4 is 0 Å². The van der Waals surface area contributed by atoms with Crippen LogP contribution in [0.3, 0.4) is 0 Å². The number of allylic oxidation sites excluding steroid dienone is 3. The number of hydrogen-bond donors (Lipinski definition) is 1. The fourth-order valence-electron chi connectivity index (χ4n) is 3.08. The van der Waals surface area contributed by atoms with Gasteiger partial charge in [0.2, 0.25) is 0 Å². The zero-order chi connectivity index (χ0) is 12.3. The lowest BCUT2D eigenvalue weighted by Crippen LogP contribution is -2.13. The molecule has 1 heteroatoms. The summed E-state index contributed by atoms with van der Waals surface area (Å²) in [6.45, 7) is 4.62. The molecule has 2 atom stereocenters. The molecule has 2 unspecified atom stereocenters. The van der Waals surface area contributed by atoms with Gasteiger partial charge >= 0.3 is 0 Å². The van der Waals surface area contributed by atoms with Gasteiger partial charge in [0.15, 0.2) is 0 Å². The number of hydrogen-bond acceptors (Lipinski definition) is 1. The summed E-state index contributed by atoms with van der Waals surface area (Å²) in [5, 5.41) is 9.49. The van der Waals surface area contributed by atoms with Gasteiger partial charge in [-0.05, 0) is 56.8 Å². The normalized spacial score (nSPS) is 30.1. The quantitative estimate of drug-likeness (QED) is 0.724. The average molecular weight is 234 g/mol. The van der Waals surface area contributed by atoms with Crippen molar-refractivity contribution in [3.05, 3.63) is 23.3 Å². The van der Waals surface area contributed by atoms with E-state index in [4.69, 9.17) is 0 Å². The van der Waals surface area contributed by atoms with E-state index < -0.39 is 0 Å². The van der Waals surface area contributed by atoms with E-state index in [-0.39, 0.29) is 6.10 Å². The van der Waals surface area contributed by atoms with Crippen molar-refractivity contribution in [3.63, 3.8) is 0 Å². The molecule has 0 spiro atoms. The smallest absolute Gasteiger partial charge is 0.0577 e. The average Bonchev–Trinajstić information content (AvgIpc) is 2.32. The first-order valence-corrected chi connectivity index (χ1v) is 7.21. The van der Waals surface area contributed by atoms with Crippen LogP contribution in [0.4, 0.5) is 0 Å². The van der Waals surface area contributed by atoms with E-state index in [1.165, 1.54) is 25.7 Å². The van der Waals surface area contributed by atoms with Crippen molar-refractivity contribution in [1.29, 1.82) is 0 Å². The minimum Gasteiger partial charge on any atom is -0.393 e. The first kappa shape index (κ1) is 12.9. The summed E-state index contributed by atoms with van der Waals surface area (Å²) in [6.07, 6.45) is 13.0. The van der Waals surface area contributed by atoms with Gasteiger partial charge in [0.05, 0.1) is 6.10 Å². The van der Waals surface area contributed by atoms with Crippen molar-refractivity contribution in [2.75, 3.05) is 0 Å². The van der Waals surface area contributed by atoms with Crippen LogP contribution in [0.25, 0.3) is 0 Å². The van der Waals surface area contributed by atoms with Crippen LogP contribution in [0, 0.1) is 11.8 Å². The van der Waals surface area contributed by atoms with Gasteiger partial charge in [0, 0.05) is 0 Å². The molecule has 0 aromatic heterocycles. The summed E-state index contributed by atoms with van der Waals surface area (Å²) in [4.78, 5) is 0. The zero-order valence-corrected chi connectivity index (χ0v) is 11.3. The van der Waals surface area contributed by atoms with E-state index in [9.17, 15) is 5.11 Å². The zero-order valence-electron chi connectivity index (χ0n) is 11.3. The molecule has 0 aliphatic heterocycles. The number of rotatable bonds is 3. The molecule has 0 aromatic rings. The van der Waals surface area contributed by atoms with Crippen LogP contribution in [0.5, 0.6) is 0 Å². The molecule has 0 fully saturated rings. The summed E-state index contributed by atoms with van der Waals surface area (Å²) >= 11 is 0. The Morgan fingerprint density at radius 1 is 1.29 bits per heavy atom. The maximum Gasteiger partial charge on any atom is 0.0577 e. The molecule has 0 heterocycles. The fraction of sp³-hybridized carbons (Fsp3) is 0.750. The van der Waals surface area contributed by atoms with E-state index in [2.05, 4.69) is 26.0 Å². The van der Waals surface area contributed by atoms with Crippen LogP contribution in [0.1, 0.15) is 58.8 Å². The molecule has 0 saturated carbocycles. The van der Waals surface area contributed by atoms with Gasteiger partial charge in [0.25, 0.3) is 0 Å². The Kier molecular flexibility index (Phi) is 4.44. The molecule has 0 saturated heterocycles. The van der Waals surface area contributed by atoms with Crippen molar-refractivity contribution in [2.45, 2.75) is 64.9 Å². The highest BCUT2D eigenvalue weighted by molar-refractivity contribution is 5.15. The van der Waals surface area contributed by atoms with E-state index in [0.29, 0.717) is 0 Å². The van der Waals surface area contributed by atoms with Crippen LogP contribution in [0.15, 0.2) is 23.3 Å². The highest BCUT2D eigenvalue weighted by atomic mass is 16.3. The Bertz CT molecular complexity index is 311. The van der Waals surface area contributed by atoms with Gasteiger partial charge in [0.1, 0.15) is 0 Å². The van der Waals surface area contributed by atoms with Gasteiger partial charge in [-0.15, -0.1) is 0 Å². The molecule has 0 bridgehead atoms. The lowest BCUT2D eigenvalue weighted by atomic mass is 9.81. The molecule has 0 radical (unpaired) electrons. The molecule has 2 aliphatic carbocycles. The van der Waals surface area contributed by atoms with Gasteiger partial charge in [-0.1, -0.05) is 37.1 Å². The summed E-state index contributed by atoms with van der Waals surface area (Å²) in [6, 6.07) is 0. The Hall–Kier alpha value is -0.560. The second kappa shape index (κ2) is 5.86. The highest BCUT2D eigenvalue weighted by Gasteiger charge is 2.18. The molecule has 96 valence electrons. The predicted octanol–water partition coefficient (Wildman–Crippen LogP) is 4.23. The third-order valence-electron chi connectivity index (χ3n) is 4.23. The Labute approximate surface area is 106 Å². The maximum absolute atomic E-state index is 9.49. The molecule has 0 amide bonds. The minimum absolute atomic E-state index is 0.0770. The largest absolute Gasteiger partial charge is 0.393 e. The topological polar surface area (TPSA) is 20.2 Å². The summed E-state index contributed by atoms with van der Waals surface area (Å²) in [7, 11) is 0. The van der Waals surface area contributed by atoms with Crippen molar-refractivity contribution < 1.29 is 5.11 Å². The van der Waals surface area contributed by atoms with Gasteiger partial charge < -0.3 is 5.11 Å². The molecule has 2 rings (SSSR count).